The SMILES string of the molecule is Cc1[nH]ncc1C(=O)Nc1ccccc1NS(C)(=O)=O. The molecule has 0 unspecified atom stereocenters. The monoisotopic (exact) mass is 294 g/mol. The largest absolute Gasteiger partial charge is 0.320 e. The highest BCUT2D eigenvalue weighted by Crippen LogP contribution is 2.22. The van der Waals surface area contributed by atoms with Gasteiger partial charge in [0.1, 0.15) is 0 Å². The van der Waals surface area contributed by atoms with E-state index in [4.69, 9.17) is 0 Å². The molecule has 0 radical (unpaired) electrons. The van der Waals surface area contributed by atoms with Gasteiger partial charge in [-0.1, -0.05) is 12.1 Å². The van der Waals surface area contributed by atoms with Crippen molar-refractivity contribution in [2.75, 3.05) is 16.3 Å². The minimum Gasteiger partial charge on any atom is -0.320 e. The lowest BCUT2D eigenvalue weighted by molar-refractivity contribution is 0.102. The van der Waals surface area contributed by atoms with Crippen molar-refractivity contribution in [3.8, 4) is 0 Å². The Morgan fingerprint density at radius 3 is 2.45 bits per heavy atom. The summed E-state index contributed by atoms with van der Waals surface area (Å²) in [5.41, 5.74) is 1.73. The Labute approximate surface area is 116 Å². The summed E-state index contributed by atoms with van der Waals surface area (Å²) >= 11 is 0. The van der Waals surface area contributed by atoms with Crippen molar-refractivity contribution in [2.24, 2.45) is 0 Å². The first-order valence-corrected chi connectivity index (χ1v) is 7.64. The first-order valence-electron chi connectivity index (χ1n) is 5.75. The molecule has 0 spiro atoms. The molecule has 0 saturated carbocycles. The van der Waals surface area contributed by atoms with Gasteiger partial charge in [0.2, 0.25) is 10.0 Å². The van der Waals surface area contributed by atoms with Gasteiger partial charge < -0.3 is 5.32 Å². The minimum absolute atomic E-state index is 0.310. The normalized spacial score (nSPS) is 11.1. The van der Waals surface area contributed by atoms with Crippen LogP contribution >= 0.6 is 0 Å². The molecule has 106 valence electrons. The second-order valence-electron chi connectivity index (χ2n) is 4.28. The average molecular weight is 294 g/mol. The van der Waals surface area contributed by atoms with E-state index >= 15 is 0 Å². The molecule has 20 heavy (non-hydrogen) atoms. The summed E-state index contributed by atoms with van der Waals surface area (Å²) in [6, 6.07) is 6.55. The maximum Gasteiger partial charge on any atom is 0.259 e. The van der Waals surface area contributed by atoms with Crippen molar-refractivity contribution in [3.63, 3.8) is 0 Å². The van der Waals surface area contributed by atoms with Crippen LogP contribution in [0.4, 0.5) is 11.4 Å². The van der Waals surface area contributed by atoms with Crippen molar-refractivity contribution in [1.29, 1.82) is 0 Å². The molecule has 0 aliphatic heterocycles. The molecule has 8 heteroatoms. The number of carbonyl (C=O) groups excluding carboxylic acids is 1. The van der Waals surface area contributed by atoms with Crippen LogP contribution in [0.2, 0.25) is 0 Å². The zero-order valence-electron chi connectivity index (χ0n) is 11.0. The molecule has 0 bridgehead atoms. The quantitative estimate of drug-likeness (QED) is 0.791. The zero-order valence-corrected chi connectivity index (χ0v) is 11.8. The smallest absolute Gasteiger partial charge is 0.259 e. The number of sulfonamides is 1. The number of aryl methyl sites for hydroxylation is 1. The number of benzene rings is 1. The third-order valence-corrected chi connectivity index (χ3v) is 3.14. The second kappa shape index (κ2) is 5.33. The van der Waals surface area contributed by atoms with Gasteiger partial charge in [-0.3, -0.25) is 14.6 Å². The lowest BCUT2D eigenvalue weighted by Crippen LogP contribution is -2.16. The Morgan fingerprint density at radius 1 is 1.25 bits per heavy atom. The number of para-hydroxylation sites is 2. The lowest BCUT2D eigenvalue weighted by atomic mass is 10.2. The molecule has 1 aromatic carbocycles. The number of aromatic amines is 1. The molecule has 0 atom stereocenters. The number of hydrogen-bond acceptors (Lipinski definition) is 4. The van der Waals surface area contributed by atoms with Crippen LogP contribution in [0.25, 0.3) is 0 Å². The van der Waals surface area contributed by atoms with Gasteiger partial charge in [0, 0.05) is 5.69 Å². The first kappa shape index (κ1) is 14.1. The molecule has 0 fully saturated rings. The third-order valence-electron chi connectivity index (χ3n) is 2.55. The molecule has 0 aliphatic carbocycles. The topological polar surface area (TPSA) is 104 Å². The maximum absolute atomic E-state index is 12.1. The Hall–Kier alpha value is -2.35. The number of amides is 1. The molecule has 2 rings (SSSR count). The van der Waals surface area contributed by atoms with E-state index in [1.165, 1.54) is 6.20 Å². The second-order valence-corrected chi connectivity index (χ2v) is 6.03. The molecule has 0 saturated heterocycles. The molecule has 3 N–H and O–H groups in total. The Kier molecular flexibility index (Phi) is 3.75. The van der Waals surface area contributed by atoms with Crippen molar-refractivity contribution < 1.29 is 13.2 Å². The molecular weight excluding hydrogens is 280 g/mol. The van der Waals surface area contributed by atoms with Crippen LogP contribution in [0.15, 0.2) is 30.5 Å². The molecule has 0 aliphatic rings. The van der Waals surface area contributed by atoms with Crippen molar-refractivity contribution >= 4 is 27.3 Å². The van der Waals surface area contributed by atoms with Crippen LogP contribution in [0.3, 0.4) is 0 Å². The van der Waals surface area contributed by atoms with Crippen molar-refractivity contribution in [1.82, 2.24) is 10.2 Å². The number of nitrogens with one attached hydrogen (secondary N) is 3. The van der Waals surface area contributed by atoms with Crippen LogP contribution < -0.4 is 10.0 Å². The number of aromatic nitrogens is 2. The van der Waals surface area contributed by atoms with E-state index in [-0.39, 0.29) is 5.91 Å². The number of H-pyrrole nitrogens is 1. The molecule has 1 heterocycles. The summed E-state index contributed by atoms with van der Waals surface area (Å²) in [5.74, 6) is -0.362. The fraction of sp³-hybridized carbons (Fsp3) is 0.167. The summed E-state index contributed by atoms with van der Waals surface area (Å²) < 4.78 is 24.9. The van der Waals surface area contributed by atoms with Gasteiger partial charge in [-0.25, -0.2) is 8.42 Å². The third kappa shape index (κ3) is 3.35. The van der Waals surface area contributed by atoms with E-state index in [1.54, 1.807) is 31.2 Å². The van der Waals surface area contributed by atoms with Gasteiger partial charge in [0.25, 0.3) is 5.91 Å². The first-order chi connectivity index (χ1) is 9.37. The fourth-order valence-electron chi connectivity index (χ4n) is 1.65. The highest BCUT2D eigenvalue weighted by molar-refractivity contribution is 7.92. The summed E-state index contributed by atoms with van der Waals surface area (Å²) in [5, 5.41) is 9.09. The predicted molar refractivity (Wildman–Crippen MR) is 76.2 cm³/mol. The lowest BCUT2D eigenvalue weighted by Gasteiger charge is -2.11. The standard InChI is InChI=1S/C12H14N4O3S/c1-8-9(7-13-15-8)12(17)14-10-5-3-4-6-11(10)16-20(2,18)19/h3-7,16H,1-2H3,(H,13,15)(H,14,17). The number of hydrogen-bond donors (Lipinski definition) is 3. The van der Waals surface area contributed by atoms with Crippen LogP contribution in [0, 0.1) is 6.92 Å². The highest BCUT2D eigenvalue weighted by Gasteiger charge is 2.14. The van der Waals surface area contributed by atoms with Gasteiger partial charge >= 0.3 is 0 Å². The Morgan fingerprint density at radius 2 is 1.90 bits per heavy atom. The van der Waals surface area contributed by atoms with Crippen LogP contribution in [0.1, 0.15) is 16.1 Å². The molecule has 1 amide bonds. The van der Waals surface area contributed by atoms with Crippen LogP contribution in [0.5, 0.6) is 0 Å². The molecular formula is C12H14N4O3S. The number of nitrogens with zero attached hydrogens (tertiary/aromatic N) is 1. The maximum atomic E-state index is 12.1. The van der Waals surface area contributed by atoms with Gasteiger partial charge in [-0.05, 0) is 19.1 Å². The zero-order chi connectivity index (χ0) is 14.8. The van der Waals surface area contributed by atoms with Crippen LogP contribution in [-0.2, 0) is 10.0 Å². The van der Waals surface area contributed by atoms with E-state index in [1.807, 2.05) is 0 Å². The molecule has 1 aromatic heterocycles. The van der Waals surface area contributed by atoms with E-state index in [0.29, 0.717) is 22.6 Å². The molecule has 2 aromatic rings. The summed E-state index contributed by atoms with van der Waals surface area (Å²) in [7, 11) is -3.42. The Bertz CT molecular complexity index is 737. The van der Waals surface area contributed by atoms with Gasteiger partial charge in [-0.15, -0.1) is 0 Å². The van der Waals surface area contributed by atoms with E-state index in [2.05, 4.69) is 20.2 Å². The summed E-state index contributed by atoms with van der Waals surface area (Å²) in [4.78, 5) is 12.1. The fourth-order valence-corrected chi connectivity index (χ4v) is 2.23. The van der Waals surface area contributed by atoms with Gasteiger partial charge in [-0.2, -0.15) is 5.10 Å². The van der Waals surface area contributed by atoms with E-state index < -0.39 is 10.0 Å². The van der Waals surface area contributed by atoms with Gasteiger partial charge in [0.05, 0.1) is 29.4 Å². The van der Waals surface area contributed by atoms with E-state index in [0.717, 1.165) is 6.26 Å². The predicted octanol–water partition coefficient (Wildman–Crippen LogP) is 1.34. The van der Waals surface area contributed by atoms with Crippen molar-refractivity contribution in [2.45, 2.75) is 6.92 Å². The number of carbonyl (C=O) groups is 1. The minimum atomic E-state index is -3.42. The molecule has 7 nitrogen and oxygen atoms in total. The van der Waals surface area contributed by atoms with Crippen LogP contribution in [-0.4, -0.2) is 30.8 Å². The summed E-state index contributed by atoms with van der Waals surface area (Å²) in [6.45, 7) is 1.72. The number of rotatable bonds is 4. The van der Waals surface area contributed by atoms with Crippen molar-refractivity contribution in [3.05, 3.63) is 41.7 Å². The van der Waals surface area contributed by atoms with Gasteiger partial charge in [0.15, 0.2) is 0 Å². The highest BCUT2D eigenvalue weighted by atomic mass is 32.2. The van der Waals surface area contributed by atoms with E-state index in [9.17, 15) is 13.2 Å². The number of anilines is 2. The Balaban J connectivity index is 2.26. The average Bonchev–Trinajstić information content (AvgIpc) is 2.76. The summed E-state index contributed by atoms with van der Waals surface area (Å²) in [6.07, 6.45) is 2.46.